The third kappa shape index (κ3) is 2.26. The Kier molecular flexibility index (Phi) is 3.52. The van der Waals surface area contributed by atoms with E-state index in [1.807, 2.05) is 29.3 Å². The van der Waals surface area contributed by atoms with Crippen LogP contribution in [0.2, 0.25) is 0 Å². The lowest BCUT2D eigenvalue weighted by Gasteiger charge is -2.34. The third-order valence-electron chi connectivity index (χ3n) is 3.32. The smallest absolute Gasteiger partial charge is 0.258 e. The number of carbonyl (C=O) groups is 1. The van der Waals surface area contributed by atoms with Crippen molar-refractivity contribution in [1.29, 1.82) is 0 Å². The van der Waals surface area contributed by atoms with Gasteiger partial charge in [-0.2, -0.15) is 5.10 Å². The molecule has 6 heteroatoms. The summed E-state index contributed by atoms with van der Waals surface area (Å²) in [7, 11) is 0. The zero-order valence-corrected chi connectivity index (χ0v) is 11.9. The SMILES string of the molecule is O=C(c1cnn2ccccc12)N1CCOCC1CBr. The molecule has 1 unspecified atom stereocenters. The molecule has 5 nitrogen and oxygen atoms in total. The van der Waals surface area contributed by atoms with Gasteiger partial charge < -0.3 is 9.64 Å². The van der Waals surface area contributed by atoms with Crippen LogP contribution < -0.4 is 0 Å². The molecule has 0 N–H and O–H groups in total. The molecular formula is C13H14BrN3O2. The van der Waals surface area contributed by atoms with Crippen LogP contribution in [0, 0.1) is 0 Å². The number of pyridine rings is 1. The molecule has 0 bridgehead atoms. The van der Waals surface area contributed by atoms with Gasteiger partial charge in [0.1, 0.15) is 0 Å². The highest BCUT2D eigenvalue weighted by Gasteiger charge is 2.28. The Morgan fingerprint density at radius 2 is 2.42 bits per heavy atom. The lowest BCUT2D eigenvalue weighted by atomic mass is 10.2. The first kappa shape index (κ1) is 12.6. The molecule has 1 aliphatic rings. The predicted octanol–water partition coefficient (Wildman–Crippen LogP) is 1.57. The minimum Gasteiger partial charge on any atom is -0.377 e. The Morgan fingerprint density at radius 3 is 3.26 bits per heavy atom. The number of ether oxygens (including phenoxy) is 1. The molecule has 3 heterocycles. The van der Waals surface area contributed by atoms with E-state index in [-0.39, 0.29) is 11.9 Å². The van der Waals surface area contributed by atoms with Crippen molar-refractivity contribution in [2.75, 3.05) is 25.1 Å². The zero-order valence-electron chi connectivity index (χ0n) is 10.3. The Labute approximate surface area is 119 Å². The van der Waals surface area contributed by atoms with Gasteiger partial charge in [0.15, 0.2) is 0 Å². The molecule has 19 heavy (non-hydrogen) atoms. The molecule has 0 radical (unpaired) electrons. The van der Waals surface area contributed by atoms with Gasteiger partial charge in [0.25, 0.3) is 5.91 Å². The van der Waals surface area contributed by atoms with Gasteiger partial charge in [-0.15, -0.1) is 0 Å². The highest BCUT2D eigenvalue weighted by atomic mass is 79.9. The highest BCUT2D eigenvalue weighted by Crippen LogP contribution is 2.17. The molecular weight excluding hydrogens is 310 g/mol. The van der Waals surface area contributed by atoms with Crippen LogP contribution in [0.15, 0.2) is 30.6 Å². The average Bonchev–Trinajstić information content (AvgIpc) is 2.90. The predicted molar refractivity (Wildman–Crippen MR) is 74.6 cm³/mol. The summed E-state index contributed by atoms with van der Waals surface area (Å²) in [6.45, 7) is 1.80. The van der Waals surface area contributed by atoms with Crippen molar-refractivity contribution in [1.82, 2.24) is 14.5 Å². The molecule has 1 saturated heterocycles. The van der Waals surface area contributed by atoms with Gasteiger partial charge in [0, 0.05) is 18.1 Å². The Balaban J connectivity index is 1.94. The van der Waals surface area contributed by atoms with Crippen LogP contribution in [-0.4, -0.2) is 51.6 Å². The fourth-order valence-corrected chi connectivity index (χ4v) is 2.84. The van der Waals surface area contributed by atoms with E-state index in [0.717, 1.165) is 10.8 Å². The molecule has 1 amide bonds. The van der Waals surface area contributed by atoms with Crippen molar-refractivity contribution in [3.8, 4) is 0 Å². The molecule has 0 spiro atoms. The zero-order chi connectivity index (χ0) is 13.2. The van der Waals surface area contributed by atoms with Gasteiger partial charge in [-0.1, -0.05) is 22.0 Å². The normalized spacial score (nSPS) is 19.8. The summed E-state index contributed by atoms with van der Waals surface area (Å²) in [6.07, 6.45) is 3.48. The minimum atomic E-state index is 0.0222. The van der Waals surface area contributed by atoms with Gasteiger partial charge in [0.2, 0.25) is 0 Å². The standard InChI is InChI=1S/C13H14BrN3O2/c14-7-10-9-19-6-5-16(10)13(18)11-8-15-17-4-2-1-3-12(11)17/h1-4,8,10H,5-7,9H2. The van der Waals surface area contributed by atoms with E-state index in [2.05, 4.69) is 21.0 Å². The number of rotatable bonds is 2. The van der Waals surface area contributed by atoms with Crippen LogP contribution in [0.3, 0.4) is 0 Å². The molecule has 3 rings (SSSR count). The number of hydrogen-bond acceptors (Lipinski definition) is 3. The van der Waals surface area contributed by atoms with E-state index < -0.39 is 0 Å². The summed E-state index contributed by atoms with van der Waals surface area (Å²) < 4.78 is 7.13. The molecule has 1 aliphatic heterocycles. The number of carbonyl (C=O) groups excluding carboxylic acids is 1. The first-order chi connectivity index (χ1) is 9.31. The quantitative estimate of drug-likeness (QED) is 0.788. The van der Waals surface area contributed by atoms with Crippen LogP contribution in [0.4, 0.5) is 0 Å². The van der Waals surface area contributed by atoms with Crippen molar-refractivity contribution in [3.63, 3.8) is 0 Å². The van der Waals surface area contributed by atoms with Gasteiger partial charge >= 0.3 is 0 Å². The molecule has 2 aromatic rings. The van der Waals surface area contributed by atoms with Crippen LogP contribution in [0.5, 0.6) is 0 Å². The molecule has 1 atom stereocenters. The number of amides is 1. The molecule has 2 aromatic heterocycles. The number of morpholine rings is 1. The summed E-state index contributed by atoms with van der Waals surface area (Å²) in [4.78, 5) is 14.5. The van der Waals surface area contributed by atoms with Gasteiger partial charge in [-0.05, 0) is 12.1 Å². The molecule has 0 aliphatic carbocycles. The van der Waals surface area contributed by atoms with E-state index in [1.54, 1.807) is 10.7 Å². The lowest BCUT2D eigenvalue weighted by Crippen LogP contribution is -2.49. The van der Waals surface area contributed by atoms with Crippen molar-refractivity contribution in [2.24, 2.45) is 0 Å². The Bertz CT molecular complexity index is 598. The first-order valence-corrected chi connectivity index (χ1v) is 7.30. The summed E-state index contributed by atoms with van der Waals surface area (Å²) in [5.41, 5.74) is 1.49. The average molecular weight is 324 g/mol. The molecule has 100 valence electrons. The van der Waals surface area contributed by atoms with Crippen LogP contribution in [0.1, 0.15) is 10.4 Å². The second-order valence-corrected chi connectivity index (χ2v) is 5.12. The lowest BCUT2D eigenvalue weighted by molar-refractivity contribution is 0.00535. The maximum Gasteiger partial charge on any atom is 0.258 e. The first-order valence-electron chi connectivity index (χ1n) is 6.18. The largest absolute Gasteiger partial charge is 0.377 e. The van der Waals surface area contributed by atoms with Crippen LogP contribution >= 0.6 is 15.9 Å². The maximum atomic E-state index is 12.6. The number of aromatic nitrogens is 2. The summed E-state index contributed by atoms with van der Waals surface area (Å²) in [5, 5.41) is 4.93. The second-order valence-electron chi connectivity index (χ2n) is 4.47. The van der Waals surface area contributed by atoms with Crippen LogP contribution in [0.25, 0.3) is 5.52 Å². The fourth-order valence-electron chi connectivity index (χ4n) is 2.30. The monoisotopic (exact) mass is 323 g/mol. The van der Waals surface area contributed by atoms with E-state index in [4.69, 9.17) is 4.74 Å². The topological polar surface area (TPSA) is 46.8 Å². The number of nitrogens with zero attached hydrogens (tertiary/aromatic N) is 3. The highest BCUT2D eigenvalue weighted by molar-refractivity contribution is 9.09. The van der Waals surface area contributed by atoms with Crippen molar-refractivity contribution >= 4 is 27.4 Å². The van der Waals surface area contributed by atoms with E-state index in [0.29, 0.717) is 25.3 Å². The van der Waals surface area contributed by atoms with Gasteiger partial charge in [-0.25, -0.2) is 4.52 Å². The number of fused-ring (bicyclic) bond motifs is 1. The number of alkyl halides is 1. The maximum absolute atomic E-state index is 12.6. The van der Waals surface area contributed by atoms with E-state index >= 15 is 0 Å². The molecule has 1 fully saturated rings. The fraction of sp³-hybridized carbons (Fsp3) is 0.385. The Morgan fingerprint density at radius 1 is 1.53 bits per heavy atom. The van der Waals surface area contributed by atoms with Crippen molar-refractivity contribution < 1.29 is 9.53 Å². The van der Waals surface area contributed by atoms with Gasteiger partial charge in [0.05, 0.1) is 36.5 Å². The van der Waals surface area contributed by atoms with Gasteiger partial charge in [-0.3, -0.25) is 4.79 Å². The summed E-state index contributed by atoms with van der Waals surface area (Å²) in [5.74, 6) is 0.0222. The van der Waals surface area contributed by atoms with Crippen molar-refractivity contribution in [2.45, 2.75) is 6.04 Å². The molecule has 0 saturated carbocycles. The molecule has 0 aromatic carbocycles. The third-order valence-corrected chi connectivity index (χ3v) is 4.07. The van der Waals surface area contributed by atoms with E-state index in [9.17, 15) is 4.79 Å². The van der Waals surface area contributed by atoms with Crippen LogP contribution in [-0.2, 0) is 4.74 Å². The summed E-state index contributed by atoms with van der Waals surface area (Å²) in [6, 6.07) is 5.79. The van der Waals surface area contributed by atoms with E-state index in [1.165, 1.54) is 0 Å². The second kappa shape index (κ2) is 5.30. The number of hydrogen-bond donors (Lipinski definition) is 0. The minimum absolute atomic E-state index is 0.0222. The Hall–Kier alpha value is -1.40. The number of halogens is 1. The summed E-state index contributed by atoms with van der Waals surface area (Å²) >= 11 is 3.44. The van der Waals surface area contributed by atoms with Crippen molar-refractivity contribution in [3.05, 3.63) is 36.2 Å².